The summed E-state index contributed by atoms with van der Waals surface area (Å²) < 4.78 is 1.42. The van der Waals surface area contributed by atoms with Crippen molar-refractivity contribution in [3.63, 3.8) is 0 Å². The molecule has 0 saturated carbocycles. The van der Waals surface area contributed by atoms with Crippen LogP contribution in [-0.4, -0.2) is 15.3 Å². The standard InChI is InChI=1S/C22H23N3O2/c1-14-7-10-20-23-12-19(22(27)25(20)13-14)21(26)24-15(2)17-9-8-16-5-3-4-6-18(16)11-17/h7-13,15H,3-6H2,1-2H3,(H,24,26). The van der Waals surface area contributed by atoms with E-state index in [1.807, 2.05) is 19.9 Å². The quantitative estimate of drug-likeness (QED) is 0.778. The van der Waals surface area contributed by atoms with Gasteiger partial charge < -0.3 is 5.32 Å². The van der Waals surface area contributed by atoms with Crippen LogP contribution in [0.25, 0.3) is 5.65 Å². The zero-order valence-electron chi connectivity index (χ0n) is 15.7. The van der Waals surface area contributed by atoms with Crippen LogP contribution in [0.3, 0.4) is 0 Å². The second-order valence-corrected chi connectivity index (χ2v) is 7.34. The minimum atomic E-state index is -0.395. The van der Waals surface area contributed by atoms with Gasteiger partial charge in [0.1, 0.15) is 11.2 Å². The number of fused-ring (bicyclic) bond motifs is 2. The van der Waals surface area contributed by atoms with Crippen molar-refractivity contribution in [3.05, 3.63) is 80.9 Å². The monoisotopic (exact) mass is 361 g/mol. The van der Waals surface area contributed by atoms with Crippen LogP contribution in [0.5, 0.6) is 0 Å². The first kappa shape index (κ1) is 17.5. The molecule has 0 fully saturated rings. The second-order valence-electron chi connectivity index (χ2n) is 7.34. The van der Waals surface area contributed by atoms with Gasteiger partial charge in [0.15, 0.2) is 0 Å². The molecule has 138 valence electrons. The van der Waals surface area contributed by atoms with E-state index < -0.39 is 5.91 Å². The average Bonchev–Trinajstić information content (AvgIpc) is 2.68. The van der Waals surface area contributed by atoms with Crippen molar-refractivity contribution in [3.8, 4) is 0 Å². The number of carbonyl (C=O) groups is 1. The fourth-order valence-corrected chi connectivity index (χ4v) is 3.72. The Labute approximate surface area is 158 Å². The van der Waals surface area contributed by atoms with E-state index in [-0.39, 0.29) is 17.2 Å². The molecular weight excluding hydrogens is 338 g/mol. The van der Waals surface area contributed by atoms with E-state index in [2.05, 4.69) is 28.5 Å². The molecule has 0 bridgehead atoms. The van der Waals surface area contributed by atoms with Crippen LogP contribution in [0.4, 0.5) is 0 Å². The molecule has 5 nitrogen and oxygen atoms in total. The summed E-state index contributed by atoms with van der Waals surface area (Å²) in [5, 5.41) is 2.95. The number of aromatic nitrogens is 2. The highest BCUT2D eigenvalue weighted by Crippen LogP contribution is 2.24. The topological polar surface area (TPSA) is 63.5 Å². The Morgan fingerprint density at radius 1 is 1.15 bits per heavy atom. The summed E-state index contributed by atoms with van der Waals surface area (Å²) in [6, 6.07) is 9.91. The molecule has 0 aliphatic heterocycles. The molecular formula is C22H23N3O2. The van der Waals surface area contributed by atoms with Gasteiger partial charge in [0.05, 0.1) is 6.04 Å². The molecule has 0 spiro atoms. The fraction of sp³-hybridized carbons (Fsp3) is 0.318. The lowest BCUT2D eigenvalue weighted by molar-refractivity contribution is 0.0938. The molecule has 2 aromatic heterocycles. The molecule has 0 saturated heterocycles. The Balaban J connectivity index is 1.59. The van der Waals surface area contributed by atoms with Crippen molar-refractivity contribution < 1.29 is 4.79 Å². The van der Waals surface area contributed by atoms with Crippen molar-refractivity contribution in [2.75, 3.05) is 0 Å². The maximum atomic E-state index is 12.7. The molecule has 1 amide bonds. The molecule has 5 heteroatoms. The lowest BCUT2D eigenvalue weighted by Crippen LogP contribution is -2.33. The zero-order chi connectivity index (χ0) is 19.0. The molecule has 3 aromatic rings. The van der Waals surface area contributed by atoms with Gasteiger partial charge in [0.25, 0.3) is 11.5 Å². The molecule has 1 aliphatic carbocycles. The van der Waals surface area contributed by atoms with Gasteiger partial charge in [-0.25, -0.2) is 4.98 Å². The Hall–Kier alpha value is -2.95. The predicted octanol–water partition coefficient (Wildman–Crippen LogP) is 3.37. The number of carbonyl (C=O) groups excluding carboxylic acids is 1. The normalized spacial score (nSPS) is 14.6. The minimum Gasteiger partial charge on any atom is -0.345 e. The lowest BCUT2D eigenvalue weighted by atomic mass is 9.89. The van der Waals surface area contributed by atoms with Crippen LogP contribution in [0.2, 0.25) is 0 Å². The van der Waals surface area contributed by atoms with Gasteiger partial charge in [-0.2, -0.15) is 0 Å². The third-order valence-corrected chi connectivity index (χ3v) is 5.31. The van der Waals surface area contributed by atoms with Crippen LogP contribution in [0, 0.1) is 6.92 Å². The third kappa shape index (κ3) is 3.37. The largest absolute Gasteiger partial charge is 0.345 e. The molecule has 1 N–H and O–H groups in total. The first-order valence-corrected chi connectivity index (χ1v) is 9.43. The van der Waals surface area contributed by atoms with Crippen LogP contribution in [0.1, 0.15) is 58.4 Å². The summed E-state index contributed by atoms with van der Waals surface area (Å²) in [6.07, 6.45) is 7.76. The van der Waals surface area contributed by atoms with Crippen LogP contribution in [-0.2, 0) is 12.8 Å². The summed E-state index contributed by atoms with van der Waals surface area (Å²) in [6.45, 7) is 3.84. The van der Waals surface area contributed by atoms with Crippen molar-refractivity contribution in [1.82, 2.24) is 14.7 Å². The van der Waals surface area contributed by atoms with Gasteiger partial charge >= 0.3 is 0 Å². The zero-order valence-corrected chi connectivity index (χ0v) is 15.7. The van der Waals surface area contributed by atoms with Crippen LogP contribution < -0.4 is 10.9 Å². The minimum absolute atomic E-state index is 0.0583. The smallest absolute Gasteiger partial charge is 0.270 e. The Bertz CT molecular complexity index is 1080. The number of pyridine rings is 1. The van der Waals surface area contributed by atoms with Gasteiger partial charge in [0, 0.05) is 12.4 Å². The fourth-order valence-electron chi connectivity index (χ4n) is 3.72. The predicted molar refractivity (Wildman–Crippen MR) is 105 cm³/mol. The molecule has 1 atom stereocenters. The second kappa shape index (κ2) is 6.99. The Morgan fingerprint density at radius 3 is 2.74 bits per heavy atom. The number of amides is 1. The number of benzene rings is 1. The van der Waals surface area contributed by atoms with Crippen molar-refractivity contribution in [1.29, 1.82) is 0 Å². The van der Waals surface area contributed by atoms with Gasteiger partial charge in [-0.1, -0.05) is 24.3 Å². The number of nitrogens with one attached hydrogen (secondary N) is 1. The summed E-state index contributed by atoms with van der Waals surface area (Å²) in [5.74, 6) is -0.395. The Kier molecular flexibility index (Phi) is 4.52. The third-order valence-electron chi connectivity index (χ3n) is 5.31. The number of rotatable bonds is 3. The molecule has 1 unspecified atom stereocenters. The van der Waals surface area contributed by atoms with E-state index >= 15 is 0 Å². The first-order chi connectivity index (χ1) is 13.0. The van der Waals surface area contributed by atoms with E-state index in [4.69, 9.17) is 0 Å². The van der Waals surface area contributed by atoms with Gasteiger partial charge in [-0.05, 0) is 67.9 Å². The highest BCUT2D eigenvalue weighted by atomic mass is 16.2. The summed E-state index contributed by atoms with van der Waals surface area (Å²) >= 11 is 0. The summed E-state index contributed by atoms with van der Waals surface area (Å²) in [4.78, 5) is 29.6. The van der Waals surface area contributed by atoms with E-state index in [9.17, 15) is 9.59 Å². The highest BCUT2D eigenvalue weighted by Gasteiger charge is 2.18. The maximum Gasteiger partial charge on any atom is 0.270 e. The van der Waals surface area contributed by atoms with E-state index in [1.54, 1.807) is 12.3 Å². The summed E-state index contributed by atoms with van der Waals surface area (Å²) in [7, 11) is 0. The molecule has 2 heterocycles. The Morgan fingerprint density at radius 2 is 1.93 bits per heavy atom. The maximum absolute atomic E-state index is 12.7. The highest BCUT2D eigenvalue weighted by molar-refractivity contribution is 5.94. The SMILES string of the molecule is Cc1ccc2ncc(C(=O)NC(C)c3ccc4c(c3)CCCC4)c(=O)n2c1. The van der Waals surface area contributed by atoms with Crippen LogP contribution in [0.15, 0.2) is 47.5 Å². The van der Waals surface area contributed by atoms with E-state index in [1.165, 1.54) is 34.6 Å². The van der Waals surface area contributed by atoms with E-state index in [0.717, 1.165) is 24.0 Å². The molecule has 0 radical (unpaired) electrons. The van der Waals surface area contributed by atoms with Gasteiger partial charge in [-0.15, -0.1) is 0 Å². The summed E-state index contributed by atoms with van der Waals surface area (Å²) in [5.41, 5.74) is 5.03. The van der Waals surface area contributed by atoms with E-state index in [0.29, 0.717) is 5.65 Å². The number of hydrogen-bond acceptors (Lipinski definition) is 3. The molecule has 27 heavy (non-hydrogen) atoms. The van der Waals surface area contributed by atoms with Crippen LogP contribution >= 0.6 is 0 Å². The van der Waals surface area contributed by atoms with Crippen molar-refractivity contribution in [2.24, 2.45) is 0 Å². The first-order valence-electron chi connectivity index (χ1n) is 9.43. The number of aryl methyl sites for hydroxylation is 3. The lowest BCUT2D eigenvalue weighted by Gasteiger charge is -2.20. The van der Waals surface area contributed by atoms with Gasteiger partial charge in [-0.3, -0.25) is 14.0 Å². The van der Waals surface area contributed by atoms with Gasteiger partial charge in [0.2, 0.25) is 0 Å². The van der Waals surface area contributed by atoms with Crippen molar-refractivity contribution >= 4 is 11.6 Å². The number of hydrogen-bond donors (Lipinski definition) is 1. The molecule has 1 aliphatic rings. The van der Waals surface area contributed by atoms with Crippen molar-refractivity contribution in [2.45, 2.75) is 45.6 Å². The molecule has 1 aromatic carbocycles. The number of nitrogens with zero attached hydrogens (tertiary/aromatic N) is 2. The average molecular weight is 361 g/mol. The molecule has 4 rings (SSSR count).